The van der Waals surface area contributed by atoms with Crippen molar-refractivity contribution in [3.05, 3.63) is 11.9 Å². The van der Waals surface area contributed by atoms with Gasteiger partial charge in [-0.1, -0.05) is 39.3 Å². The number of hydrogen-bond acceptors (Lipinski definition) is 4. The first-order chi connectivity index (χ1) is 10.4. The predicted molar refractivity (Wildman–Crippen MR) is 86.5 cm³/mol. The van der Waals surface area contributed by atoms with E-state index in [4.69, 9.17) is 0 Å². The van der Waals surface area contributed by atoms with E-state index in [1.807, 2.05) is 38.6 Å². The van der Waals surface area contributed by atoms with Crippen LogP contribution in [0.2, 0.25) is 0 Å². The van der Waals surface area contributed by atoms with E-state index in [1.165, 1.54) is 0 Å². The van der Waals surface area contributed by atoms with E-state index in [0.29, 0.717) is 25.0 Å². The monoisotopic (exact) mass is 307 g/mol. The summed E-state index contributed by atoms with van der Waals surface area (Å²) in [4.78, 5) is 23.1. The molecule has 0 fully saturated rings. The third-order valence-electron chi connectivity index (χ3n) is 3.81. The summed E-state index contributed by atoms with van der Waals surface area (Å²) in [5.41, 5.74) is 0.879. The first-order valence-electron chi connectivity index (χ1n) is 8.34. The maximum absolute atomic E-state index is 11.6. The molecule has 0 unspecified atom stereocenters. The molecule has 1 heterocycles. The van der Waals surface area contributed by atoms with Crippen molar-refractivity contribution in [2.24, 2.45) is 11.8 Å². The minimum atomic E-state index is 0.0867. The summed E-state index contributed by atoms with van der Waals surface area (Å²) in [5, 5.41) is 8.19. The zero-order valence-electron chi connectivity index (χ0n) is 14.3. The number of ketones is 2. The van der Waals surface area contributed by atoms with Gasteiger partial charge in [-0.05, 0) is 12.8 Å². The molecule has 0 saturated carbocycles. The van der Waals surface area contributed by atoms with Crippen molar-refractivity contribution in [3.8, 4) is 0 Å². The molecule has 0 aliphatic carbocycles. The van der Waals surface area contributed by atoms with Gasteiger partial charge in [-0.3, -0.25) is 14.3 Å². The number of nitrogens with zero attached hydrogens (tertiary/aromatic N) is 3. The zero-order chi connectivity index (χ0) is 16.5. The molecule has 0 amide bonds. The Labute approximate surface area is 133 Å². The van der Waals surface area contributed by atoms with Crippen LogP contribution in [0.1, 0.15) is 65.5 Å². The van der Waals surface area contributed by atoms with Crippen molar-refractivity contribution < 1.29 is 9.59 Å². The van der Waals surface area contributed by atoms with Crippen LogP contribution in [-0.4, -0.2) is 26.6 Å². The molecule has 1 rings (SSSR count). The third kappa shape index (κ3) is 6.96. The van der Waals surface area contributed by atoms with Crippen LogP contribution in [0.5, 0.6) is 0 Å². The average molecular weight is 307 g/mol. The molecular formula is C17H29N3O2. The Balaban J connectivity index is 2.20. The van der Waals surface area contributed by atoms with E-state index in [9.17, 15) is 9.59 Å². The average Bonchev–Trinajstić information content (AvgIpc) is 2.91. The molecule has 0 atom stereocenters. The molecule has 0 spiro atoms. The van der Waals surface area contributed by atoms with Gasteiger partial charge in [0, 0.05) is 43.8 Å². The molecule has 0 saturated heterocycles. The molecule has 0 N–H and O–H groups in total. The van der Waals surface area contributed by atoms with Gasteiger partial charge in [-0.25, -0.2) is 0 Å². The van der Waals surface area contributed by atoms with E-state index in [-0.39, 0.29) is 17.6 Å². The van der Waals surface area contributed by atoms with Crippen molar-refractivity contribution in [2.45, 2.75) is 72.8 Å². The molecule has 5 heteroatoms. The highest BCUT2D eigenvalue weighted by Gasteiger charge is 2.09. The lowest BCUT2D eigenvalue weighted by molar-refractivity contribution is -0.122. The van der Waals surface area contributed by atoms with Gasteiger partial charge in [0.1, 0.15) is 11.6 Å². The molecule has 22 heavy (non-hydrogen) atoms. The summed E-state index contributed by atoms with van der Waals surface area (Å²) in [6.45, 7) is 8.56. The second-order valence-electron chi connectivity index (χ2n) is 6.53. The molecule has 0 bridgehead atoms. The van der Waals surface area contributed by atoms with Gasteiger partial charge in [0.15, 0.2) is 0 Å². The minimum absolute atomic E-state index is 0.0867. The molecular weight excluding hydrogens is 278 g/mol. The second kappa shape index (κ2) is 9.49. The second-order valence-corrected chi connectivity index (χ2v) is 6.53. The quantitative estimate of drug-likeness (QED) is 0.589. The smallest absolute Gasteiger partial charge is 0.135 e. The van der Waals surface area contributed by atoms with Gasteiger partial charge in [-0.15, -0.1) is 5.10 Å². The molecule has 0 aliphatic heterocycles. The number of aromatic nitrogens is 3. The Kier molecular flexibility index (Phi) is 7.99. The lowest BCUT2D eigenvalue weighted by atomic mass is 10.0. The van der Waals surface area contributed by atoms with Crippen molar-refractivity contribution in [2.75, 3.05) is 0 Å². The molecule has 0 aliphatic rings. The Morgan fingerprint density at radius 3 is 2.27 bits per heavy atom. The van der Waals surface area contributed by atoms with Crippen LogP contribution in [0.4, 0.5) is 0 Å². The molecule has 0 aromatic carbocycles. The van der Waals surface area contributed by atoms with Crippen LogP contribution in [0.25, 0.3) is 0 Å². The fourth-order valence-electron chi connectivity index (χ4n) is 2.14. The van der Waals surface area contributed by atoms with E-state index in [1.54, 1.807) is 0 Å². The van der Waals surface area contributed by atoms with Crippen molar-refractivity contribution in [1.82, 2.24) is 15.0 Å². The summed E-state index contributed by atoms with van der Waals surface area (Å²) in [7, 11) is 0. The number of carbonyl (C=O) groups excluding carboxylic acids is 2. The zero-order valence-corrected chi connectivity index (χ0v) is 14.3. The van der Waals surface area contributed by atoms with Crippen LogP contribution >= 0.6 is 0 Å². The van der Waals surface area contributed by atoms with Gasteiger partial charge >= 0.3 is 0 Å². The van der Waals surface area contributed by atoms with Crippen LogP contribution in [0, 0.1) is 11.8 Å². The first kappa shape index (κ1) is 18.5. The maximum atomic E-state index is 11.6. The van der Waals surface area contributed by atoms with Crippen molar-refractivity contribution in [1.29, 1.82) is 0 Å². The Morgan fingerprint density at radius 2 is 1.64 bits per heavy atom. The number of hydrogen-bond donors (Lipinski definition) is 0. The summed E-state index contributed by atoms with van der Waals surface area (Å²) < 4.78 is 1.83. The predicted octanol–water partition coefficient (Wildman–Crippen LogP) is 3.22. The van der Waals surface area contributed by atoms with E-state index < -0.39 is 0 Å². The highest BCUT2D eigenvalue weighted by Crippen LogP contribution is 2.08. The molecule has 124 valence electrons. The van der Waals surface area contributed by atoms with Gasteiger partial charge in [0.05, 0.1) is 5.69 Å². The van der Waals surface area contributed by atoms with E-state index in [0.717, 1.165) is 31.5 Å². The van der Waals surface area contributed by atoms with Gasteiger partial charge in [0.25, 0.3) is 0 Å². The highest BCUT2D eigenvalue weighted by atomic mass is 16.1. The normalized spacial score (nSPS) is 11.4. The van der Waals surface area contributed by atoms with E-state index >= 15 is 0 Å². The SMILES string of the molecule is CC(C)C(=O)CCCCCn1cc(CCC(=O)C(C)C)nn1. The summed E-state index contributed by atoms with van der Waals surface area (Å²) in [6.07, 6.45) is 6.78. The topological polar surface area (TPSA) is 64.8 Å². The standard InChI is InChI=1S/C17H29N3O2/c1-13(2)16(21)8-6-5-7-11-20-12-15(18-19-20)9-10-17(22)14(3)4/h12-14H,5-11H2,1-4H3. The number of carbonyl (C=O) groups is 2. The first-order valence-corrected chi connectivity index (χ1v) is 8.34. The highest BCUT2D eigenvalue weighted by molar-refractivity contribution is 5.80. The Hall–Kier alpha value is -1.52. The minimum Gasteiger partial charge on any atom is -0.299 e. The van der Waals surface area contributed by atoms with Crippen LogP contribution < -0.4 is 0 Å². The molecule has 1 aromatic rings. The summed E-state index contributed by atoms with van der Waals surface area (Å²) >= 11 is 0. The van der Waals surface area contributed by atoms with Gasteiger partial charge in [0.2, 0.25) is 0 Å². The number of rotatable bonds is 11. The van der Waals surface area contributed by atoms with E-state index in [2.05, 4.69) is 10.3 Å². The third-order valence-corrected chi connectivity index (χ3v) is 3.81. The maximum Gasteiger partial charge on any atom is 0.135 e. The fraction of sp³-hybridized carbons (Fsp3) is 0.765. The van der Waals surface area contributed by atoms with Crippen LogP contribution in [0.15, 0.2) is 6.20 Å². The number of Topliss-reactive ketones (excluding diaryl/α,β-unsaturated/α-hetero) is 2. The largest absolute Gasteiger partial charge is 0.299 e. The van der Waals surface area contributed by atoms with Gasteiger partial charge in [-0.2, -0.15) is 0 Å². The summed E-state index contributed by atoms with van der Waals surface area (Å²) in [6, 6.07) is 0. The van der Waals surface area contributed by atoms with Crippen LogP contribution in [-0.2, 0) is 22.6 Å². The molecule has 5 nitrogen and oxygen atoms in total. The lowest BCUT2D eigenvalue weighted by Gasteiger charge is -2.04. The number of unbranched alkanes of at least 4 members (excludes halogenated alkanes) is 2. The van der Waals surface area contributed by atoms with Crippen molar-refractivity contribution in [3.63, 3.8) is 0 Å². The lowest BCUT2D eigenvalue weighted by Crippen LogP contribution is -2.07. The number of aryl methyl sites for hydroxylation is 2. The Bertz CT molecular complexity index is 478. The van der Waals surface area contributed by atoms with Crippen LogP contribution in [0.3, 0.4) is 0 Å². The Morgan fingerprint density at radius 1 is 1.00 bits per heavy atom. The molecule has 0 radical (unpaired) electrons. The van der Waals surface area contributed by atoms with Gasteiger partial charge < -0.3 is 0 Å². The summed E-state index contributed by atoms with van der Waals surface area (Å²) in [5.74, 6) is 0.845. The fourth-order valence-corrected chi connectivity index (χ4v) is 2.14. The van der Waals surface area contributed by atoms with Crippen molar-refractivity contribution >= 4 is 11.6 Å². The molecule has 1 aromatic heterocycles.